The van der Waals surface area contributed by atoms with Crippen LogP contribution in [0.2, 0.25) is 0 Å². The topological polar surface area (TPSA) is 104 Å². The second-order valence-corrected chi connectivity index (χ2v) is 5.16. The molecule has 1 atom stereocenters. The predicted octanol–water partition coefficient (Wildman–Crippen LogP) is 2.31. The maximum atomic E-state index is 12.4. The summed E-state index contributed by atoms with van der Waals surface area (Å²) < 4.78 is 12.3. The number of nitrogens with zero attached hydrogens (tertiary/aromatic N) is 2. The van der Waals surface area contributed by atoms with Gasteiger partial charge in [0.15, 0.2) is 0 Å². The summed E-state index contributed by atoms with van der Waals surface area (Å²) >= 11 is 0. The number of carbonyl (C=O) groups is 1. The zero-order valence-electron chi connectivity index (χ0n) is 12.9. The van der Waals surface area contributed by atoms with Crippen LogP contribution in [0, 0.1) is 18.3 Å². The third-order valence-electron chi connectivity index (χ3n) is 3.57. The number of rotatable bonds is 5. The maximum absolute atomic E-state index is 12.4. The minimum Gasteiger partial charge on any atom is -0.467 e. The lowest BCUT2D eigenvalue weighted by Crippen LogP contribution is -2.29. The molecule has 7 heteroatoms. The molecule has 0 saturated carbocycles. The number of furan rings is 2. The normalized spacial score (nSPS) is 11.9. The molecule has 3 aromatic heterocycles. The fourth-order valence-corrected chi connectivity index (χ4v) is 2.42. The summed E-state index contributed by atoms with van der Waals surface area (Å²) in [6, 6.07) is 8.86. The number of aromatic nitrogens is 1. The molecule has 0 saturated heterocycles. The molecule has 3 rings (SSSR count). The van der Waals surface area contributed by atoms with E-state index in [2.05, 4.69) is 5.32 Å². The van der Waals surface area contributed by atoms with Gasteiger partial charge >= 0.3 is 0 Å². The van der Waals surface area contributed by atoms with E-state index in [-0.39, 0.29) is 23.6 Å². The van der Waals surface area contributed by atoms with Crippen LogP contribution in [0.25, 0.3) is 5.88 Å². The Morgan fingerprint density at radius 3 is 2.79 bits per heavy atom. The Kier molecular flexibility index (Phi) is 4.22. The molecule has 0 aromatic carbocycles. The molecule has 7 nitrogen and oxygen atoms in total. The molecule has 0 aliphatic rings. The van der Waals surface area contributed by atoms with E-state index in [9.17, 15) is 15.2 Å². The zero-order chi connectivity index (χ0) is 17.1. The van der Waals surface area contributed by atoms with E-state index in [1.165, 1.54) is 6.26 Å². The van der Waals surface area contributed by atoms with E-state index in [0.29, 0.717) is 11.5 Å². The quantitative estimate of drug-likeness (QED) is 0.749. The molecular formula is C17H15N3O4. The van der Waals surface area contributed by atoms with Crippen molar-refractivity contribution in [1.29, 1.82) is 5.26 Å². The van der Waals surface area contributed by atoms with Crippen LogP contribution in [0.3, 0.4) is 0 Å². The lowest BCUT2D eigenvalue weighted by molar-refractivity contribution is 0.0899. The Morgan fingerprint density at radius 1 is 1.42 bits per heavy atom. The molecule has 2 N–H and O–H groups in total. The first-order chi connectivity index (χ1) is 11.6. The van der Waals surface area contributed by atoms with Crippen molar-refractivity contribution in [1.82, 2.24) is 9.88 Å². The monoisotopic (exact) mass is 325 g/mol. The molecule has 0 spiro atoms. The van der Waals surface area contributed by atoms with E-state index in [0.717, 1.165) is 0 Å². The van der Waals surface area contributed by atoms with Gasteiger partial charge in [-0.1, -0.05) is 0 Å². The predicted molar refractivity (Wildman–Crippen MR) is 83.5 cm³/mol. The number of aliphatic hydroxyl groups excluding tert-OH is 1. The Bertz CT molecular complexity index is 870. The van der Waals surface area contributed by atoms with Crippen molar-refractivity contribution in [3.63, 3.8) is 0 Å². The number of aryl methyl sites for hydroxylation is 1. The molecule has 0 fully saturated rings. The summed E-state index contributed by atoms with van der Waals surface area (Å²) in [5.74, 6) is 0.488. The van der Waals surface area contributed by atoms with Gasteiger partial charge in [-0.15, -0.1) is 0 Å². The average Bonchev–Trinajstić information content (AvgIpc) is 3.31. The minimum absolute atomic E-state index is 0.0410. The molecule has 0 aliphatic heterocycles. The van der Waals surface area contributed by atoms with Crippen molar-refractivity contribution in [2.75, 3.05) is 6.54 Å². The maximum Gasteiger partial charge on any atom is 0.256 e. The number of nitrogens with one attached hydrogen (secondary N) is 1. The number of nitriles is 1. The van der Waals surface area contributed by atoms with Crippen molar-refractivity contribution >= 4 is 5.91 Å². The first kappa shape index (κ1) is 15.6. The molecule has 1 unspecified atom stereocenters. The van der Waals surface area contributed by atoms with Crippen LogP contribution < -0.4 is 5.32 Å². The van der Waals surface area contributed by atoms with Crippen molar-refractivity contribution in [3.05, 3.63) is 65.6 Å². The smallest absolute Gasteiger partial charge is 0.256 e. The van der Waals surface area contributed by atoms with E-state index in [4.69, 9.17) is 8.83 Å². The fourth-order valence-electron chi connectivity index (χ4n) is 2.42. The zero-order valence-corrected chi connectivity index (χ0v) is 12.9. The van der Waals surface area contributed by atoms with Gasteiger partial charge in [0, 0.05) is 12.4 Å². The van der Waals surface area contributed by atoms with Gasteiger partial charge in [-0.05, 0) is 31.2 Å². The Morgan fingerprint density at radius 2 is 2.17 bits per heavy atom. The number of amides is 1. The molecule has 3 heterocycles. The van der Waals surface area contributed by atoms with E-state index in [1.54, 1.807) is 48.1 Å². The van der Waals surface area contributed by atoms with Crippen LogP contribution in [0.4, 0.5) is 0 Å². The van der Waals surface area contributed by atoms with Crippen molar-refractivity contribution < 1.29 is 18.7 Å². The summed E-state index contributed by atoms with van der Waals surface area (Å²) in [7, 11) is 0. The summed E-state index contributed by atoms with van der Waals surface area (Å²) in [5.41, 5.74) is 0.307. The van der Waals surface area contributed by atoms with Crippen LogP contribution in [-0.2, 0) is 0 Å². The van der Waals surface area contributed by atoms with Gasteiger partial charge in [0.1, 0.15) is 34.8 Å². The highest BCUT2D eigenvalue weighted by atomic mass is 16.4. The number of hydrogen-bond acceptors (Lipinski definition) is 5. The summed E-state index contributed by atoms with van der Waals surface area (Å²) in [5, 5.41) is 22.0. The van der Waals surface area contributed by atoms with Gasteiger partial charge in [-0.2, -0.15) is 5.26 Å². The first-order valence-electron chi connectivity index (χ1n) is 7.28. The molecule has 1 amide bonds. The van der Waals surface area contributed by atoms with Crippen molar-refractivity contribution in [3.8, 4) is 12.0 Å². The van der Waals surface area contributed by atoms with Gasteiger partial charge in [-0.25, -0.2) is 0 Å². The largest absolute Gasteiger partial charge is 0.467 e. The second-order valence-electron chi connectivity index (χ2n) is 5.16. The van der Waals surface area contributed by atoms with Gasteiger partial charge in [-0.3, -0.25) is 9.36 Å². The Hall–Kier alpha value is -3.24. The minimum atomic E-state index is -0.967. The molecule has 122 valence electrons. The third-order valence-corrected chi connectivity index (χ3v) is 3.57. The second kappa shape index (κ2) is 6.48. The number of carbonyl (C=O) groups excluding carboxylic acids is 1. The highest BCUT2D eigenvalue weighted by Gasteiger charge is 2.25. The van der Waals surface area contributed by atoms with Gasteiger partial charge < -0.3 is 19.3 Å². The summed E-state index contributed by atoms with van der Waals surface area (Å²) in [4.78, 5) is 12.4. The number of hydrogen-bond donors (Lipinski definition) is 2. The molecule has 0 bridgehead atoms. The van der Waals surface area contributed by atoms with Gasteiger partial charge in [0.2, 0.25) is 5.88 Å². The lowest BCUT2D eigenvalue weighted by Gasteiger charge is -2.09. The van der Waals surface area contributed by atoms with Gasteiger partial charge in [0.05, 0.1) is 12.8 Å². The number of aliphatic hydroxyl groups is 1. The first-order valence-corrected chi connectivity index (χ1v) is 7.28. The van der Waals surface area contributed by atoms with Crippen LogP contribution in [0.1, 0.15) is 33.5 Å². The van der Waals surface area contributed by atoms with Crippen LogP contribution in [0.15, 0.2) is 51.8 Å². The molecular weight excluding hydrogens is 310 g/mol. The van der Waals surface area contributed by atoms with Crippen LogP contribution >= 0.6 is 0 Å². The van der Waals surface area contributed by atoms with E-state index in [1.807, 2.05) is 6.07 Å². The standard InChI is InChI=1S/C17H15N3O4/c1-11-15(12(9-18)17(24-11)20-6-2-3-7-20)16(22)19-10-13(21)14-5-4-8-23-14/h2-8,13,21H,10H2,1H3,(H,19,22). The molecule has 0 radical (unpaired) electrons. The molecule has 3 aromatic rings. The van der Waals surface area contributed by atoms with E-state index >= 15 is 0 Å². The summed E-state index contributed by atoms with van der Waals surface area (Å²) in [6.07, 6.45) is 3.92. The highest BCUT2D eigenvalue weighted by molar-refractivity contribution is 5.98. The summed E-state index contributed by atoms with van der Waals surface area (Å²) in [6.45, 7) is 1.58. The third kappa shape index (κ3) is 2.83. The van der Waals surface area contributed by atoms with Crippen molar-refractivity contribution in [2.45, 2.75) is 13.0 Å². The highest BCUT2D eigenvalue weighted by Crippen LogP contribution is 2.25. The Labute approximate surface area is 137 Å². The SMILES string of the molecule is Cc1oc(-n2cccc2)c(C#N)c1C(=O)NCC(O)c1ccco1. The van der Waals surface area contributed by atoms with Crippen LogP contribution in [-0.4, -0.2) is 22.1 Å². The molecule has 24 heavy (non-hydrogen) atoms. The fraction of sp³-hybridized carbons (Fsp3) is 0.176. The average molecular weight is 325 g/mol. The Balaban J connectivity index is 1.81. The lowest BCUT2D eigenvalue weighted by atomic mass is 10.1. The van der Waals surface area contributed by atoms with Crippen LogP contribution in [0.5, 0.6) is 0 Å². The van der Waals surface area contributed by atoms with E-state index < -0.39 is 12.0 Å². The molecule has 0 aliphatic carbocycles. The van der Waals surface area contributed by atoms with Crippen molar-refractivity contribution in [2.24, 2.45) is 0 Å². The van der Waals surface area contributed by atoms with Gasteiger partial charge in [0.25, 0.3) is 5.91 Å².